The van der Waals surface area contributed by atoms with Crippen molar-refractivity contribution in [1.82, 2.24) is 0 Å². The summed E-state index contributed by atoms with van der Waals surface area (Å²) in [5, 5.41) is 0. The number of hydrogen-bond acceptors (Lipinski definition) is 0. The number of rotatable bonds is 6. The SMILES string of the molecule is [CH2]C=CCCCCC=CCC. The number of unbranched alkanes of at least 4 members (excludes halogenated alkanes) is 3. The van der Waals surface area contributed by atoms with Crippen LogP contribution in [0.3, 0.4) is 0 Å². The Hall–Kier alpha value is -0.520. The van der Waals surface area contributed by atoms with Crippen molar-refractivity contribution in [3.8, 4) is 0 Å². The van der Waals surface area contributed by atoms with Gasteiger partial charge in [-0.3, -0.25) is 0 Å². The van der Waals surface area contributed by atoms with Gasteiger partial charge in [0.2, 0.25) is 0 Å². The molecular weight excluding hydrogens is 132 g/mol. The summed E-state index contributed by atoms with van der Waals surface area (Å²) in [7, 11) is 0. The molecule has 0 heteroatoms. The van der Waals surface area contributed by atoms with Gasteiger partial charge in [0, 0.05) is 0 Å². The van der Waals surface area contributed by atoms with E-state index in [1.807, 2.05) is 6.08 Å². The summed E-state index contributed by atoms with van der Waals surface area (Å²) in [6.45, 7) is 5.81. The van der Waals surface area contributed by atoms with Gasteiger partial charge in [-0.15, -0.1) is 0 Å². The molecule has 0 aliphatic rings. The molecule has 0 nitrogen and oxygen atoms in total. The molecule has 0 aromatic rings. The second-order valence-corrected chi connectivity index (χ2v) is 2.64. The Morgan fingerprint density at radius 2 is 1.64 bits per heavy atom. The molecule has 0 saturated carbocycles. The fraction of sp³-hybridized carbons (Fsp3) is 0.545. The standard InChI is InChI=1S/C11H19/c1-3-5-7-9-11-10-8-6-4-2/h3,5-6,8H,1,4,7,9-11H2,2H3. The van der Waals surface area contributed by atoms with Gasteiger partial charge in [0.1, 0.15) is 0 Å². The van der Waals surface area contributed by atoms with Crippen LogP contribution in [0, 0.1) is 6.92 Å². The van der Waals surface area contributed by atoms with E-state index in [1.165, 1.54) is 32.1 Å². The fourth-order valence-electron chi connectivity index (χ4n) is 0.927. The van der Waals surface area contributed by atoms with E-state index in [2.05, 4.69) is 32.1 Å². The van der Waals surface area contributed by atoms with Crippen molar-refractivity contribution in [2.24, 2.45) is 0 Å². The number of allylic oxidation sites excluding steroid dienone is 4. The Morgan fingerprint density at radius 3 is 2.18 bits per heavy atom. The maximum absolute atomic E-state index is 3.64. The molecule has 0 aromatic heterocycles. The monoisotopic (exact) mass is 151 g/mol. The van der Waals surface area contributed by atoms with Gasteiger partial charge < -0.3 is 0 Å². The van der Waals surface area contributed by atoms with Crippen LogP contribution in [-0.2, 0) is 0 Å². The molecule has 63 valence electrons. The maximum Gasteiger partial charge on any atom is -0.0316 e. The first-order chi connectivity index (χ1) is 5.41. The molecule has 0 spiro atoms. The molecule has 0 aliphatic heterocycles. The lowest BCUT2D eigenvalue weighted by Gasteiger charge is -1.91. The highest BCUT2D eigenvalue weighted by Crippen LogP contribution is 2.01. The van der Waals surface area contributed by atoms with Crippen LogP contribution < -0.4 is 0 Å². The average Bonchev–Trinajstić information content (AvgIpc) is 2.03. The van der Waals surface area contributed by atoms with E-state index in [0.717, 1.165) is 0 Å². The lowest BCUT2D eigenvalue weighted by atomic mass is 10.2. The van der Waals surface area contributed by atoms with Crippen LogP contribution in [0.5, 0.6) is 0 Å². The average molecular weight is 151 g/mol. The Balaban J connectivity index is 2.96. The van der Waals surface area contributed by atoms with Crippen LogP contribution in [-0.4, -0.2) is 0 Å². The second-order valence-electron chi connectivity index (χ2n) is 2.64. The molecule has 0 atom stereocenters. The van der Waals surface area contributed by atoms with Crippen LogP contribution in [0.15, 0.2) is 24.3 Å². The van der Waals surface area contributed by atoms with Crippen molar-refractivity contribution < 1.29 is 0 Å². The topological polar surface area (TPSA) is 0 Å². The molecule has 0 N–H and O–H groups in total. The molecule has 0 rings (SSSR count). The van der Waals surface area contributed by atoms with Crippen LogP contribution in [0.25, 0.3) is 0 Å². The Kier molecular flexibility index (Phi) is 9.03. The molecular formula is C11H19. The van der Waals surface area contributed by atoms with Crippen LogP contribution in [0.1, 0.15) is 39.0 Å². The van der Waals surface area contributed by atoms with Gasteiger partial charge in [0.15, 0.2) is 0 Å². The number of hydrogen-bond donors (Lipinski definition) is 0. The molecule has 0 saturated heterocycles. The highest BCUT2D eigenvalue weighted by atomic mass is 13.9. The molecule has 11 heavy (non-hydrogen) atoms. The van der Waals surface area contributed by atoms with E-state index >= 15 is 0 Å². The minimum absolute atomic E-state index is 1.17. The van der Waals surface area contributed by atoms with E-state index in [0.29, 0.717) is 0 Å². The Morgan fingerprint density at radius 1 is 1.00 bits per heavy atom. The molecule has 0 heterocycles. The van der Waals surface area contributed by atoms with Crippen LogP contribution in [0.4, 0.5) is 0 Å². The van der Waals surface area contributed by atoms with Crippen LogP contribution >= 0.6 is 0 Å². The molecule has 0 aromatic carbocycles. The van der Waals surface area contributed by atoms with Crippen molar-refractivity contribution >= 4 is 0 Å². The van der Waals surface area contributed by atoms with Crippen molar-refractivity contribution in [1.29, 1.82) is 0 Å². The van der Waals surface area contributed by atoms with E-state index in [9.17, 15) is 0 Å². The van der Waals surface area contributed by atoms with Gasteiger partial charge in [-0.05, 0) is 39.0 Å². The normalized spacial score (nSPS) is 11.8. The van der Waals surface area contributed by atoms with Gasteiger partial charge in [-0.25, -0.2) is 0 Å². The first kappa shape index (κ1) is 10.5. The van der Waals surface area contributed by atoms with Crippen molar-refractivity contribution in [2.45, 2.75) is 39.0 Å². The van der Waals surface area contributed by atoms with E-state index in [4.69, 9.17) is 0 Å². The Bertz CT molecular complexity index is 109. The summed E-state index contributed by atoms with van der Waals surface area (Å²) in [6.07, 6.45) is 14.7. The van der Waals surface area contributed by atoms with Gasteiger partial charge in [-0.2, -0.15) is 0 Å². The lowest BCUT2D eigenvalue weighted by molar-refractivity contribution is 0.761. The van der Waals surface area contributed by atoms with Crippen LogP contribution in [0.2, 0.25) is 0 Å². The molecule has 1 radical (unpaired) electrons. The third kappa shape index (κ3) is 9.48. The predicted octanol–water partition coefficient (Wildman–Crippen LogP) is 3.90. The molecule has 0 bridgehead atoms. The zero-order valence-corrected chi connectivity index (χ0v) is 7.55. The van der Waals surface area contributed by atoms with Gasteiger partial charge in [0.25, 0.3) is 0 Å². The zero-order valence-electron chi connectivity index (χ0n) is 7.55. The maximum atomic E-state index is 3.64. The molecule has 0 fully saturated rings. The van der Waals surface area contributed by atoms with E-state index in [1.54, 1.807) is 0 Å². The van der Waals surface area contributed by atoms with Gasteiger partial charge in [0.05, 0.1) is 0 Å². The van der Waals surface area contributed by atoms with Gasteiger partial charge >= 0.3 is 0 Å². The van der Waals surface area contributed by atoms with Crippen molar-refractivity contribution in [2.75, 3.05) is 0 Å². The fourth-order valence-corrected chi connectivity index (χ4v) is 0.927. The second kappa shape index (κ2) is 9.48. The first-order valence-electron chi connectivity index (χ1n) is 4.51. The minimum atomic E-state index is 1.17. The smallest absolute Gasteiger partial charge is 0.0316 e. The van der Waals surface area contributed by atoms with Gasteiger partial charge in [-0.1, -0.05) is 31.2 Å². The zero-order chi connectivity index (χ0) is 8.36. The Labute approximate surface area is 71.0 Å². The molecule has 0 aliphatic carbocycles. The summed E-state index contributed by atoms with van der Waals surface area (Å²) in [6, 6.07) is 0. The quantitative estimate of drug-likeness (QED) is 0.399. The molecule has 0 unspecified atom stereocenters. The first-order valence-corrected chi connectivity index (χ1v) is 4.51. The van der Waals surface area contributed by atoms with E-state index in [-0.39, 0.29) is 0 Å². The van der Waals surface area contributed by atoms with Crippen molar-refractivity contribution in [3.63, 3.8) is 0 Å². The van der Waals surface area contributed by atoms with Crippen molar-refractivity contribution in [3.05, 3.63) is 31.2 Å². The largest absolute Gasteiger partial charge is 0.0888 e. The predicted molar refractivity (Wildman–Crippen MR) is 52.4 cm³/mol. The minimum Gasteiger partial charge on any atom is -0.0888 e. The highest BCUT2D eigenvalue weighted by molar-refractivity contribution is 4.84. The summed E-state index contributed by atoms with van der Waals surface area (Å²) < 4.78 is 0. The summed E-state index contributed by atoms with van der Waals surface area (Å²) >= 11 is 0. The summed E-state index contributed by atoms with van der Waals surface area (Å²) in [5.41, 5.74) is 0. The third-order valence-electron chi connectivity index (χ3n) is 1.56. The lowest BCUT2D eigenvalue weighted by Crippen LogP contribution is -1.71. The highest BCUT2D eigenvalue weighted by Gasteiger charge is 1.81. The summed E-state index contributed by atoms with van der Waals surface area (Å²) in [5.74, 6) is 0. The third-order valence-corrected chi connectivity index (χ3v) is 1.56. The summed E-state index contributed by atoms with van der Waals surface area (Å²) in [4.78, 5) is 0. The van der Waals surface area contributed by atoms with E-state index < -0.39 is 0 Å². The molecule has 0 amide bonds.